The molecule has 0 fully saturated rings. The third-order valence-electron chi connectivity index (χ3n) is 4.63. The van der Waals surface area contributed by atoms with Crippen LogP contribution in [0.4, 0.5) is 5.69 Å². The van der Waals surface area contributed by atoms with Crippen LogP contribution in [0.5, 0.6) is 11.5 Å². The van der Waals surface area contributed by atoms with E-state index in [2.05, 4.69) is 22.5 Å². The standard InChI is InChI=1S/C20H19N3O3/c1-26-19-7-16-15(8-20(25)22-17(16)9-18(19)24)14-10-21-23(12-14)11-13-5-3-2-4-6-13/h2-7,9-10,12,15,24H,8,11H2,1H3,(H,22,25). The van der Waals surface area contributed by atoms with Gasteiger partial charge >= 0.3 is 0 Å². The highest BCUT2D eigenvalue weighted by Gasteiger charge is 2.29. The normalized spacial score (nSPS) is 16.0. The average molecular weight is 349 g/mol. The molecule has 2 aromatic carbocycles. The molecule has 4 rings (SSSR count). The van der Waals surface area contributed by atoms with Gasteiger partial charge < -0.3 is 15.2 Å². The van der Waals surface area contributed by atoms with Gasteiger partial charge in [0.2, 0.25) is 5.91 Å². The number of methoxy groups -OCH3 is 1. The van der Waals surface area contributed by atoms with Crippen LogP contribution in [0.15, 0.2) is 54.9 Å². The molecular formula is C20H19N3O3. The Morgan fingerprint density at radius 3 is 2.88 bits per heavy atom. The number of amides is 1. The fourth-order valence-electron chi connectivity index (χ4n) is 3.35. The molecule has 1 atom stereocenters. The van der Waals surface area contributed by atoms with Crippen molar-refractivity contribution >= 4 is 11.6 Å². The number of aromatic nitrogens is 2. The number of hydrogen-bond donors (Lipinski definition) is 2. The molecule has 0 aliphatic carbocycles. The Bertz CT molecular complexity index is 950. The average Bonchev–Trinajstić information content (AvgIpc) is 3.09. The fourth-order valence-corrected chi connectivity index (χ4v) is 3.35. The summed E-state index contributed by atoms with van der Waals surface area (Å²) >= 11 is 0. The van der Waals surface area contributed by atoms with Gasteiger partial charge in [-0.25, -0.2) is 0 Å². The number of phenols is 1. The maximum absolute atomic E-state index is 12.1. The summed E-state index contributed by atoms with van der Waals surface area (Å²) in [5, 5.41) is 17.3. The van der Waals surface area contributed by atoms with E-state index in [9.17, 15) is 9.90 Å². The van der Waals surface area contributed by atoms with E-state index in [0.29, 0.717) is 24.4 Å². The number of fused-ring (bicyclic) bond motifs is 1. The van der Waals surface area contributed by atoms with Crippen molar-refractivity contribution in [1.82, 2.24) is 9.78 Å². The number of phenolic OH excluding ortho intramolecular Hbond substituents is 1. The number of nitrogens with zero attached hydrogens (tertiary/aromatic N) is 2. The van der Waals surface area contributed by atoms with Crippen LogP contribution >= 0.6 is 0 Å². The van der Waals surface area contributed by atoms with Gasteiger partial charge in [-0.1, -0.05) is 30.3 Å². The van der Waals surface area contributed by atoms with E-state index >= 15 is 0 Å². The zero-order chi connectivity index (χ0) is 18.1. The molecule has 0 bridgehead atoms. The zero-order valence-electron chi connectivity index (χ0n) is 14.3. The van der Waals surface area contributed by atoms with Crippen LogP contribution < -0.4 is 10.1 Å². The van der Waals surface area contributed by atoms with Gasteiger partial charge in [0.25, 0.3) is 0 Å². The van der Waals surface area contributed by atoms with E-state index in [1.54, 1.807) is 12.3 Å². The minimum atomic E-state index is -0.127. The van der Waals surface area contributed by atoms with Gasteiger partial charge in [0.05, 0.1) is 19.9 Å². The maximum Gasteiger partial charge on any atom is 0.225 e. The van der Waals surface area contributed by atoms with Crippen molar-refractivity contribution in [1.29, 1.82) is 0 Å². The zero-order valence-corrected chi connectivity index (χ0v) is 14.3. The number of aromatic hydroxyl groups is 1. The van der Waals surface area contributed by atoms with Crippen molar-refractivity contribution in [3.05, 3.63) is 71.5 Å². The lowest BCUT2D eigenvalue weighted by Gasteiger charge is -2.25. The van der Waals surface area contributed by atoms with E-state index in [1.165, 1.54) is 13.2 Å². The van der Waals surface area contributed by atoms with E-state index in [1.807, 2.05) is 29.1 Å². The molecule has 1 amide bonds. The van der Waals surface area contributed by atoms with Gasteiger partial charge in [0.1, 0.15) is 0 Å². The fraction of sp³-hybridized carbons (Fsp3) is 0.200. The molecular weight excluding hydrogens is 330 g/mol. The largest absolute Gasteiger partial charge is 0.504 e. The first-order valence-corrected chi connectivity index (χ1v) is 8.41. The second kappa shape index (κ2) is 6.55. The van der Waals surface area contributed by atoms with Crippen molar-refractivity contribution in [2.45, 2.75) is 18.9 Å². The summed E-state index contributed by atoms with van der Waals surface area (Å²) < 4.78 is 7.09. The Kier molecular flexibility index (Phi) is 4.08. The summed E-state index contributed by atoms with van der Waals surface area (Å²) in [6.45, 7) is 0.672. The van der Waals surface area contributed by atoms with Crippen molar-refractivity contribution in [2.24, 2.45) is 0 Å². The topological polar surface area (TPSA) is 76.4 Å². The van der Waals surface area contributed by atoms with Crippen molar-refractivity contribution in [3.63, 3.8) is 0 Å². The highest BCUT2D eigenvalue weighted by molar-refractivity contribution is 5.95. The molecule has 0 saturated carbocycles. The number of hydrogen-bond acceptors (Lipinski definition) is 4. The first-order valence-electron chi connectivity index (χ1n) is 8.41. The van der Waals surface area contributed by atoms with Crippen LogP contribution in [0.1, 0.15) is 29.0 Å². The Labute approximate surface area is 151 Å². The summed E-state index contributed by atoms with van der Waals surface area (Å²) in [6, 6.07) is 13.4. The number of nitrogens with one attached hydrogen (secondary N) is 1. The molecule has 1 aliphatic rings. The molecule has 0 spiro atoms. The van der Waals surface area contributed by atoms with Gasteiger partial charge in [-0.2, -0.15) is 5.10 Å². The minimum absolute atomic E-state index is 0.00646. The molecule has 1 unspecified atom stereocenters. The number of anilines is 1. The summed E-state index contributed by atoms with van der Waals surface area (Å²) in [4.78, 5) is 12.1. The van der Waals surface area contributed by atoms with E-state index < -0.39 is 0 Å². The molecule has 2 N–H and O–H groups in total. The second-order valence-electron chi connectivity index (χ2n) is 6.37. The third kappa shape index (κ3) is 3.01. The smallest absolute Gasteiger partial charge is 0.225 e. The molecule has 1 aromatic heterocycles. The van der Waals surface area contributed by atoms with E-state index in [-0.39, 0.29) is 17.6 Å². The van der Waals surface area contributed by atoms with Crippen LogP contribution in [0.3, 0.4) is 0 Å². The number of rotatable bonds is 4. The third-order valence-corrected chi connectivity index (χ3v) is 4.63. The Morgan fingerprint density at radius 2 is 2.12 bits per heavy atom. The molecule has 1 aliphatic heterocycles. The summed E-state index contributed by atoms with van der Waals surface area (Å²) in [5.41, 5.74) is 3.65. The highest BCUT2D eigenvalue weighted by Crippen LogP contribution is 2.42. The molecule has 2 heterocycles. The van der Waals surface area contributed by atoms with Crippen LogP contribution in [0, 0.1) is 0 Å². The first kappa shape index (κ1) is 16.2. The number of carbonyl (C=O) groups is 1. The van der Waals surface area contributed by atoms with Gasteiger partial charge in [0, 0.05) is 30.3 Å². The monoisotopic (exact) mass is 349 g/mol. The Balaban J connectivity index is 1.67. The van der Waals surface area contributed by atoms with Crippen LogP contribution in [-0.4, -0.2) is 27.9 Å². The lowest BCUT2D eigenvalue weighted by molar-refractivity contribution is -0.116. The molecule has 26 heavy (non-hydrogen) atoms. The lowest BCUT2D eigenvalue weighted by atomic mass is 9.86. The molecule has 6 heteroatoms. The molecule has 6 nitrogen and oxygen atoms in total. The first-order chi connectivity index (χ1) is 12.6. The minimum Gasteiger partial charge on any atom is -0.504 e. The van der Waals surface area contributed by atoms with Crippen molar-refractivity contribution in [3.8, 4) is 11.5 Å². The second-order valence-corrected chi connectivity index (χ2v) is 6.37. The SMILES string of the molecule is COc1cc2c(cc1O)NC(=O)CC2c1cnn(Cc2ccccc2)c1. The predicted octanol–water partition coefficient (Wildman–Crippen LogP) is 3.12. The molecule has 0 saturated heterocycles. The number of benzene rings is 2. The van der Waals surface area contributed by atoms with Crippen molar-refractivity contribution in [2.75, 3.05) is 12.4 Å². The van der Waals surface area contributed by atoms with E-state index in [0.717, 1.165) is 16.7 Å². The van der Waals surface area contributed by atoms with Crippen molar-refractivity contribution < 1.29 is 14.6 Å². The molecule has 3 aromatic rings. The summed E-state index contributed by atoms with van der Waals surface area (Å²) in [6.07, 6.45) is 4.10. The van der Waals surface area contributed by atoms with Gasteiger partial charge in [-0.05, 0) is 22.8 Å². The summed E-state index contributed by atoms with van der Waals surface area (Å²) in [5.74, 6) is 0.189. The Hall–Kier alpha value is -3.28. The lowest BCUT2D eigenvalue weighted by Crippen LogP contribution is -2.23. The number of ether oxygens (including phenoxy) is 1. The van der Waals surface area contributed by atoms with E-state index in [4.69, 9.17) is 4.74 Å². The van der Waals surface area contributed by atoms with Crippen LogP contribution in [0.25, 0.3) is 0 Å². The van der Waals surface area contributed by atoms with Gasteiger partial charge in [-0.3, -0.25) is 9.48 Å². The van der Waals surface area contributed by atoms with Gasteiger partial charge in [-0.15, -0.1) is 0 Å². The molecule has 0 radical (unpaired) electrons. The van der Waals surface area contributed by atoms with Gasteiger partial charge in [0.15, 0.2) is 11.5 Å². The van der Waals surface area contributed by atoms with Crippen LogP contribution in [0.2, 0.25) is 0 Å². The Morgan fingerprint density at radius 1 is 1.31 bits per heavy atom. The highest BCUT2D eigenvalue weighted by atomic mass is 16.5. The predicted molar refractivity (Wildman–Crippen MR) is 97.5 cm³/mol. The maximum atomic E-state index is 12.1. The quantitative estimate of drug-likeness (QED) is 0.759. The molecule has 132 valence electrons. The number of carbonyl (C=O) groups excluding carboxylic acids is 1. The van der Waals surface area contributed by atoms with Crippen LogP contribution in [-0.2, 0) is 11.3 Å². The summed E-state index contributed by atoms with van der Waals surface area (Å²) in [7, 11) is 1.51.